The first kappa shape index (κ1) is 16.0. The zero-order chi connectivity index (χ0) is 14.3. The lowest BCUT2D eigenvalue weighted by Gasteiger charge is -2.16. The lowest BCUT2D eigenvalue weighted by atomic mass is 9.93. The van der Waals surface area contributed by atoms with Crippen molar-refractivity contribution in [2.75, 3.05) is 19.8 Å². The van der Waals surface area contributed by atoms with Crippen LogP contribution in [-0.4, -0.2) is 25.9 Å². The van der Waals surface area contributed by atoms with Gasteiger partial charge in [0.2, 0.25) is 0 Å². The molecule has 1 atom stereocenters. The molecule has 0 saturated heterocycles. The molecule has 0 aromatic heterocycles. The SMILES string of the molecule is Cc1cccc(C(CN)CCCOCC(F)(F)F)c1. The number of benzene rings is 1. The van der Waals surface area contributed by atoms with E-state index >= 15 is 0 Å². The quantitative estimate of drug-likeness (QED) is 0.774. The van der Waals surface area contributed by atoms with E-state index in [-0.39, 0.29) is 12.5 Å². The van der Waals surface area contributed by atoms with Crippen LogP contribution in [0.1, 0.15) is 29.9 Å². The van der Waals surface area contributed by atoms with Crippen molar-refractivity contribution in [1.29, 1.82) is 0 Å². The molecule has 0 bridgehead atoms. The Bertz CT molecular complexity index is 379. The number of rotatable bonds is 7. The predicted molar refractivity (Wildman–Crippen MR) is 69.1 cm³/mol. The summed E-state index contributed by atoms with van der Waals surface area (Å²) in [7, 11) is 0. The van der Waals surface area contributed by atoms with E-state index in [9.17, 15) is 13.2 Å². The van der Waals surface area contributed by atoms with E-state index in [4.69, 9.17) is 5.73 Å². The standard InChI is InChI=1S/C14H20F3NO/c1-11-4-2-5-12(8-11)13(9-18)6-3-7-19-10-14(15,16)17/h2,4-5,8,13H,3,6-7,9-10,18H2,1H3. The number of nitrogens with two attached hydrogens (primary N) is 1. The number of halogens is 3. The van der Waals surface area contributed by atoms with Gasteiger partial charge < -0.3 is 10.5 Å². The van der Waals surface area contributed by atoms with Crippen LogP contribution in [0.15, 0.2) is 24.3 Å². The minimum absolute atomic E-state index is 0.113. The summed E-state index contributed by atoms with van der Waals surface area (Å²) in [6, 6.07) is 8.03. The summed E-state index contributed by atoms with van der Waals surface area (Å²) in [6.07, 6.45) is -2.94. The van der Waals surface area contributed by atoms with Gasteiger partial charge in [-0.1, -0.05) is 29.8 Å². The van der Waals surface area contributed by atoms with Gasteiger partial charge in [-0.25, -0.2) is 0 Å². The van der Waals surface area contributed by atoms with Crippen LogP contribution in [0.2, 0.25) is 0 Å². The van der Waals surface area contributed by atoms with Crippen molar-refractivity contribution in [1.82, 2.24) is 0 Å². The lowest BCUT2D eigenvalue weighted by molar-refractivity contribution is -0.174. The van der Waals surface area contributed by atoms with Crippen LogP contribution >= 0.6 is 0 Å². The van der Waals surface area contributed by atoms with Crippen molar-refractivity contribution in [2.45, 2.75) is 31.9 Å². The topological polar surface area (TPSA) is 35.2 Å². The van der Waals surface area contributed by atoms with Crippen LogP contribution < -0.4 is 5.73 Å². The lowest BCUT2D eigenvalue weighted by Crippen LogP contribution is -2.18. The monoisotopic (exact) mass is 275 g/mol. The first-order chi connectivity index (χ1) is 8.92. The Hall–Kier alpha value is -1.07. The molecule has 0 spiro atoms. The third-order valence-electron chi connectivity index (χ3n) is 2.91. The highest BCUT2D eigenvalue weighted by atomic mass is 19.4. The maximum absolute atomic E-state index is 11.9. The molecule has 108 valence electrons. The molecule has 2 N–H and O–H groups in total. The molecule has 0 heterocycles. The van der Waals surface area contributed by atoms with Crippen LogP contribution in [0.3, 0.4) is 0 Å². The van der Waals surface area contributed by atoms with E-state index in [1.165, 1.54) is 0 Å². The molecule has 0 aliphatic rings. The fourth-order valence-corrected chi connectivity index (χ4v) is 1.96. The molecule has 0 saturated carbocycles. The summed E-state index contributed by atoms with van der Waals surface area (Å²) in [4.78, 5) is 0. The second-order valence-corrected chi connectivity index (χ2v) is 4.66. The Balaban J connectivity index is 2.34. The van der Waals surface area contributed by atoms with Gasteiger partial charge in [-0.05, 0) is 37.8 Å². The molecule has 1 rings (SSSR count). The van der Waals surface area contributed by atoms with Crippen LogP contribution in [0.4, 0.5) is 13.2 Å². The Kier molecular flexibility index (Phi) is 6.31. The average Bonchev–Trinajstić information content (AvgIpc) is 2.32. The molecule has 0 amide bonds. The highest BCUT2D eigenvalue weighted by Gasteiger charge is 2.27. The van der Waals surface area contributed by atoms with E-state index in [0.717, 1.165) is 17.5 Å². The van der Waals surface area contributed by atoms with E-state index in [0.29, 0.717) is 13.0 Å². The van der Waals surface area contributed by atoms with Crippen LogP contribution in [-0.2, 0) is 4.74 Å². The fourth-order valence-electron chi connectivity index (χ4n) is 1.96. The molecule has 0 radical (unpaired) electrons. The average molecular weight is 275 g/mol. The van der Waals surface area contributed by atoms with E-state index in [1.807, 2.05) is 25.1 Å². The number of hydrogen-bond donors (Lipinski definition) is 1. The molecular formula is C14H20F3NO. The van der Waals surface area contributed by atoms with Crippen molar-refractivity contribution < 1.29 is 17.9 Å². The molecular weight excluding hydrogens is 255 g/mol. The van der Waals surface area contributed by atoms with Crippen molar-refractivity contribution in [3.63, 3.8) is 0 Å². The van der Waals surface area contributed by atoms with Gasteiger partial charge in [0, 0.05) is 6.61 Å². The molecule has 19 heavy (non-hydrogen) atoms. The first-order valence-electron chi connectivity index (χ1n) is 6.33. The van der Waals surface area contributed by atoms with E-state index in [2.05, 4.69) is 10.8 Å². The van der Waals surface area contributed by atoms with Gasteiger partial charge in [0.05, 0.1) is 0 Å². The summed E-state index contributed by atoms with van der Waals surface area (Å²) in [5.74, 6) is 0.175. The zero-order valence-corrected chi connectivity index (χ0v) is 11.0. The minimum atomic E-state index is -4.25. The van der Waals surface area contributed by atoms with Gasteiger partial charge in [0.25, 0.3) is 0 Å². The minimum Gasteiger partial charge on any atom is -0.372 e. The highest BCUT2D eigenvalue weighted by Crippen LogP contribution is 2.21. The van der Waals surface area contributed by atoms with Crippen LogP contribution in [0, 0.1) is 6.92 Å². The highest BCUT2D eigenvalue weighted by molar-refractivity contribution is 5.25. The van der Waals surface area contributed by atoms with Gasteiger partial charge in [0.1, 0.15) is 6.61 Å². The molecule has 1 unspecified atom stereocenters. The Morgan fingerprint density at radius 1 is 1.32 bits per heavy atom. The molecule has 0 aliphatic heterocycles. The Morgan fingerprint density at radius 3 is 2.63 bits per heavy atom. The van der Waals surface area contributed by atoms with E-state index < -0.39 is 12.8 Å². The summed E-state index contributed by atoms with van der Waals surface area (Å²) in [5, 5.41) is 0. The van der Waals surface area contributed by atoms with Gasteiger partial charge in [-0.2, -0.15) is 13.2 Å². The fraction of sp³-hybridized carbons (Fsp3) is 0.571. The van der Waals surface area contributed by atoms with Crippen molar-refractivity contribution in [3.8, 4) is 0 Å². The van der Waals surface area contributed by atoms with Crippen molar-refractivity contribution in [2.24, 2.45) is 5.73 Å². The first-order valence-corrected chi connectivity index (χ1v) is 6.33. The van der Waals surface area contributed by atoms with Crippen LogP contribution in [0.5, 0.6) is 0 Å². The van der Waals surface area contributed by atoms with Crippen molar-refractivity contribution in [3.05, 3.63) is 35.4 Å². The number of aryl methyl sites for hydroxylation is 1. The summed E-state index contributed by atoms with van der Waals surface area (Å²) < 4.78 is 40.2. The second kappa shape index (κ2) is 7.50. The Morgan fingerprint density at radius 2 is 2.05 bits per heavy atom. The normalized spacial score (nSPS) is 13.5. The molecule has 1 aromatic rings. The largest absolute Gasteiger partial charge is 0.411 e. The summed E-state index contributed by atoms with van der Waals surface area (Å²) in [5.41, 5.74) is 8.01. The van der Waals surface area contributed by atoms with Gasteiger partial charge in [-0.3, -0.25) is 0 Å². The number of alkyl halides is 3. The smallest absolute Gasteiger partial charge is 0.372 e. The summed E-state index contributed by atoms with van der Waals surface area (Å²) in [6.45, 7) is 1.43. The van der Waals surface area contributed by atoms with Crippen molar-refractivity contribution >= 4 is 0 Å². The van der Waals surface area contributed by atoms with Gasteiger partial charge in [-0.15, -0.1) is 0 Å². The van der Waals surface area contributed by atoms with E-state index in [1.54, 1.807) is 0 Å². The Labute approximate surface area is 111 Å². The molecule has 0 fully saturated rings. The van der Waals surface area contributed by atoms with Gasteiger partial charge >= 0.3 is 6.18 Å². The maximum Gasteiger partial charge on any atom is 0.411 e. The number of ether oxygens (including phenoxy) is 1. The van der Waals surface area contributed by atoms with Crippen LogP contribution in [0.25, 0.3) is 0 Å². The third-order valence-corrected chi connectivity index (χ3v) is 2.91. The zero-order valence-electron chi connectivity index (χ0n) is 11.0. The maximum atomic E-state index is 11.9. The molecule has 0 aliphatic carbocycles. The second-order valence-electron chi connectivity index (χ2n) is 4.66. The molecule has 5 heteroatoms. The predicted octanol–water partition coefficient (Wildman–Crippen LogP) is 3.40. The van der Waals surface area contributed by atoms with Gasteiger partial charge in [0.15, 0.2) is 0 Å². The summed E-state index contributed by atoms with van der Waals surface area (Å²) >= 11 is 0. The number of hydrogen-bond acceptors (Lipinski definition) is 2. The third kappa shape index (κ3) is 6.59. The molecule has 1 aromatic carbocycles. The molecule has 2 nitrogen and oxygen atoms in total.